The van der Waals surface area contributed by atoms with Gasteiger partial charge in [-0.25, -0.2) is 4.79 Å². The molecule has 1 aromatic carbocycles. The Morgan fingerprint density at radius 3 is 2.12 bits per heavy atom. The van der Waals surface area contributed by atoms with Gasteiger partial charge in [-0.15, -0.1) is 0 Å². The van der Waals surface area contributed by atoms with Gasteiger partial charge in [0.2, 0.25) is 17.7 Å². The number of methoxy groups -OCH3 is 1. The summed E-state index contributed by atoms with van der Waals surface area (Å²) in [5.41, 5.74) is 0.131. The van der Waals surface area contributed by atoms with Crippen LogP contribution in [0.15, 0.2) is 30.3 Å². The maximum atomic E-state index is 14.3. The Balaban J connectivity index is 2.31. The van der Waals surface area contributed by atoms with Crippen molar-refractivity contribution >= 4 is 30.0 Å². The summed E-state index contributed by atoms with van der Waals surface area (Å²) >= 11 is 0. The van der Waals surface area contributed by atoms with Gasteiger partial charge in [0.25, 0.3) is 0 Å². The summed E-state index contributed by atoms with van der Waals surface area (Å²) in [4.78, 5) is 72.0. The van der Waals surface area contributed by atoms with E-state index in [0.717, 1.165) is 11.8 Å². The van der Waals surface area contributed by atoms with Crippen molar-refractivity contribution in [3.05, 3.63) is 35.9 Å². The minimum absolute atomic E-state index is 0.00704. The molecule has 3 amide bonds. The Bertz CT molecular complexity index is 1400. The summed E-state index contributed by atoms with van der Waals surface area (Å²) in [5.74, 6) is -2.43. The normalized spacial score (nSPS) is 19.6. The molecular formula is C44H75N5O7. The first-order valence-corrected chi connectivity index (χ1v) is 20.8. The number of amides is 3. The number of benzene rings is 1. The van der Waals surface area contributed by atoms with Crippen LogP contribution in [-0.4, -0.2) is 115 Å². The van der Waals surface area contributed by atoms with Crippen molar-refractivity contribution in [2.75, 3.05) is 27.7 Å². The second kappa shape index (κ2) is 22.6. The Hall–Kier alpha value is -3.35. The molecule has 3 N–H and O–H groups in total. The predicted molar refractivity (Wildman–Crippen MR) is 222 cm³/mol. The van der Waals surface area contributed by atoms with Crippen molar-refractivity contribution < 1.29 is 33.4 Å². The highest BCUT2D eigenvalue weighted by Gasteiger charge is 2.43. The molecule has 1 fully saturated rings. The summed E-state index contributed by atoms with van der Waals surface area (Å²) in [7, 11) is 5.21. The van der Waals surface area contributed by atoms with Crippen molar-refractivity contribution in [1.82, 2.24) is 25.8 Å². The van der Waals surface area contributed by atoms with Gasteiger partial charge in [0.15, 0.2) is 0 Å². The zero-order valence-corrected chi connectivity index (χ0v) is 36.9. The molecule has 1 aliphatic rings. The molecule has 12 heteroatoms. The molecule has 1 aromatic rings. The third-order valence-corrected chi connectivity index (χ3v) is 11.5. The zero-order chi connectivity index (χ0) is 42.5. The molecule has 0 aliphatic carbocycles. The maximum Gasteiger partial charge on any atom is 0.329 e. The van der Waals surface area contributed by atoms with E-state index < -0.39 is 53.7 Å². The van der Waals surface area contributed by atoms with Gasteiger partial charge < -0.3 is 40.0 Å². The van der Waals surface area contributed by atoms with Crippen molar-refractivity contribution in [2.45, 2.75) is 156 Å². The molecule has 0 spiro atoms. The number of hydrogen-bond acceptors (Lipinski definition) is 9. The van der Waals surface area contributed by atoms with Crippen LogP contribution in [0.3, 0.4) is 0 Å². The number of likely N-dealkylation sites (tertiary alicyclic amines) is 1. The van der Waals surface area contributed by atoms with Crippen LogP contribution in [0, 0.1) is 29.6 Å². The molecule has 56 heavy (non-hydrogen) atoms. The number of aldehydes is 1. The average molecular weight is 786 g/mol. The fraction of sp³-hybridized carbons (Fsp3) is 0.750. The quantitative estimate of drug-likeness (QED) is 0.109. The second-order valence-electron chi connectivity index (χ2n) is 17.6. The lowest BCUT2D eigenvalue weighted by atomic mass is 9.84. The van der Waals surface area contributed by atoms with Crippen LogP contribution in [0.4, 0.5) is 0 Å². The van der Waals surface area contributed by atoms with E-state index in [-0.39, 0.29) is 54.5 Å². The SMILES string of the molecule is CC[C@H](C)[C@@H](C(C=O)CC(=O)N1CCC[C@H]1C(OC)C(C)C(=O)N[C@@H](Cc1ccccc1)C(=O)OC(C)(C)C)N(C)C(=O)[C@@H](NC(C)[C@@H](NC)C(C)C)C(C)C. The van der Waals surface area contributed by atoms with E-state index in [1.807, 2.05) is 65.1 Å². The van der Waals surface area contributed by atoms with Crippen molar-refractivity contribution in [1.29, 1.82) is 0 Å². The van der Waals surface area contributed by atoms with Gasteiger partial charge in [-0.2, -0.15) is 0 Å². The number of rotatable bonds is 22. The van der Waals surface area contributed by atoms with E-state index in [4.69, 9.17) is 9.47 Å². The van der Waals surface area contributed by atoms with E-state index in [2.05, 4.69) is 36.7 Å². The number of hydrogen-bond donors (Lipinski definition) is 3. The average Bonchev–Trinajstić information content (AvgIpc) is 3.62. The number of nitrogens with one attached hydrogen (secondary N) is 3. The van der Waals surface area contributed by atoms with E-state index in [9.17, 15) is 24.0 Å². The van der Waals surface area contributed by atoms with Crippen LogP contribution in [-0.2, 0) is 39.9 Å². The minimum Gasteiger partial charge on any atom is -0.458 e. The van der Waals surface area contributed by atoms with Gasteiger partial charge >= 0.3 is 5.97 Å². The summed E-state index contributed by atoms with van der Waals surface area (Å²) in [6, 6.07) is 7.25. The van der Waals surface area contributed by atoms with E-state index in [1.165, 1.54) is 7.11 Å². The zero-order valence-electron chi connectivity index (χ0n) is 36.9. The number of ether oxygens (including phenoxy) is 2. The first-order chi connectivity index (χ1) is 26.2. The van der Waals surface area contributed by atoms with Crippen LogP contribution in [0.1, 0.15) is 107 Å². The lowest BCUT2D eigenvalue weighted by Gasteiger charge is -2.41. The van der Waals surface area contributed by atoms with Gasteiger partial charge in [0.05, 0.1) is 24.1 Å². The summed E-state index contributed by atoms with van der Waals surface area (Å²) in [6.07, 6.45) is 2.37. The molecule has 0 radical (unpaired) electrons. The highest BCUT2D eigenvalue weighted by Crippen LogP contribution is 2.30. The molecule has 0 saturated carbocycles. The van der Waals surface area contributed by atoms with Crippen LogP contribution in [0.2, 0.25) is 0 Å². The van der Waals surface area contributed by atoms with Gasteiger partial charge in [-0.3, -0.25) is 14.4 Å². The molecule has 0 bridgehead atoms. The van der Waals surface area contributed by atoms with Crippen molar-refractivity contribution in [3.8, 4) is 0 Å². The van der Waals surface area contributed by atoms with Crippen LogP contribution >= 0.6 is 0 Å². The van der Waals surface area contributed by atoms with E-state index in [0.29, 0.717) is 31.7 Å². The Labute approximate surface area is 337 Å². The highest BCUT2D eigenvalue weighted by molar-refractivity contribution is 5.87. The van der Waals surface area contributed by atoms with E-state index >= 15 is 0 Å². The first kappa shape index (κ1) is 48.8. The van der Waals surface area contributed by atoms with Gasteiger partial charge in [0, 0.05) is 57.6 Å². The number of esters is 1. The Kier molecular flexibility index (Phi) is 19.7. The second-order valence-corrected chi connectivity index (χ2v) is 17.6. The topological polar surface area (TPSA) is 146 Å². The fourth-order valence-electron chi connectivity index (χ4n) is 8.37. The summed E-state index contributed by atoms with van der Waals surface area (Å²) < 4.78 is 11.6. The highest BCUT2D eigenvalue weighted by atomic mass is 16.6. The molecule has 10 atom stereocenters. The molecule has 318 valence electrons. The predicted octanol–water partition coefficient (Wildman–Crippen LogP) is 5.02. The molecule has 12 nitrogen and oxygen atoms in total. The molecule has 1 heterocycles. The maximum absolute atomic E-state index is 14.3. The lowest BCUT2D eigenvalue weighted by Crippen LogP contribution is -2.59. The number of nitrogens with zero attached hydrogens (tertiary/aromatic N) is 2. The number of carbonyl (C=O) groups is 5. The largest absolute Gasteiger partial charge is 0.458 e. The van der Waals surface area contributed by atoms with Crippen LogP contribution in [0.25, 0.3) is 0 Å². The molecule has 1 saturated heterocycles. The molecule has 2 rings (SSSR count). The van der Waals surface area contributed by atoms with Crippen LogP contribution in [0.5, 0.6) is 0 Å². The smallest absolute Gasteiger partial charge is 0.329 e. The molecule has 1 aliphatic heterocycles. The van der Waals surface area contributed by atoms with Gasteiger partial charge in [-0.05, 0) is 70.9 Å². The molecule has 0 aromatic heterocycles. The number of carbonyl (C=O) groups excluding carboxylic acids is 5. The third-order valence-electron chi connectivity index (χ3n) is 11.5. The fourth-order valence-corrected chi connectivity index (χ4v) is 8.37. The summed E-state index contributed by atoms with van der Waals surface area (Å²) in [6.45, 7) is 22.0. The minimum atomic E-state index is -0.926. The van der Waals surface area contributed by atoms with Crippen LogP contribution < -0.4 is 16.0 Å². The Morgan fingerprint density at radius 1 is 1.00 bits per heavy atom. The van der Waals surface area contributed by atoms with Gasteiger partial charge in [-0.1, -0.05) is 85.2 Å². The van der Waals surface area contributed by atoms with Gasteiger partial charge in [0.1, 0.15) is 17.9 Å². The van der Waals surface area contributed by atoms with E-state index in [1.54, 1.807) is 44.5 Å². The standard InChI is InChI=1S/C44H75N5O7/c1-15-29(6)39(48(13)42(53)38(28(4)5)46-31(8)37(45-12)27(2)3)33(26-50)25-36(51)49-23-19-22-35(49)40(55-14)30(7)41(52)47-34(43(54)56-44(9,10)11)24-32-20-17-16-18-21-32/h16-18,20-21,26-31,33-35,37-40,45-46H,15,19,22-25H2,1-14H3,(H,47,52)/t29-,30?,31?,33?,34-,35-,37-,38-,39-,40?/m0/s1. The monoisotopic (exact) mass is 786 g/mol. The third kappa shape index (κ3) is 13.6. The molecule has 4 unspecified atom stereocenters. The van der Waals surface area contributed by atoms with Crippen molar-refractivity contribution in [3.63, 3.8) is 0 Å². The summed E-state index contributed by atoms with van der Waals surface area (Å²) in [5, 5.41) is 9.87. The lowest BCUT2D eigenvalue weighted by molar-refractivity contribution is -0.159. The number of likely N-dealkylation sites (N-methyl/N-ethyl adjacent to an activating group) is 2. The first-order valence-electron chi connectivity index (χ1n) is 20.8. The van der Waals surface area contributed by atoms with Crippen molar-refractivity contribution in [2.24, 2.45) is 29.6 Å². The molecular weight excluding hydrogens is 711 g/mol. The Morgan fingerprint density at radius 2 is 1.62 bits per heavy atom.